The SMILES string of the molecule is C=C(CNC(=O)C(F)(F)F)N1CC2CCC1C2. The molecule has 1 saturated carbocycles. The van der Waals surface area contributed by atoms with Crippen LogP contribution in [-0.4, -0.2) is 36.1 Å². The van der Waals surface area contributed by atoms with Crippen LogP contribution in [0.2, 0.25) is 0 Å². The maximum absolute atomic E-state index is 12.0. The average Bonchev–Trinajstić information content (AvgIpc) is 2.85. The first-order valence-corrected chi connectivity index (χ1v) is 5.67. The van der Waals surface area contributed by atoms with Gasteiger partial charge in [-0.1, -0.05) is 6.58 Å². The van der Waals surface area contributed by atoms with Gasteiger partial charge in [-0.2, -0.15) is 13.2 Å². The molecule has 2 bridgehead atoms. The minimum Gasteiger partial charge on any atom is -0.371 e. The van der Waals surface area contributed by atoms with E-state index < -0.39 is 12.1 Å². The molecule has 96 valence electrons. The van der Waals surface area contributed by atoms with E-state index in [0.717, 1.165) is 19.4 Å². The maximum Gasteiger partial charge on any atom is 0.471 e. The Morgan fingerprint density at radius 3 is 2.59 bits per heavy atom. The minimum absolute atomic E-state index is 0.123. The van der Waals surface area contributed by atoms with Crippen LogP contribution in [0.15, 0.2) is 12.3 Å². The van der Waals surface area contributed by atoms with Gasteiger partial charge in [0, 0.05) is 18.3 Å². The summed E-state index contributed by atoms with van der Waals surface area (Å²) in [7, 11) is 0. The van der Waals surface area contributed by atoms with Gasteiger partial charge in [-0.3, -0.25) is 4.79 Å². The highest BCUT2D eigenvalue weighted by molar-refractivity contribution is 5.81. The number of fused-ring (bicyclic) bond motifs is 2. The Balaban J connectivity index is 1.80. The number of nitrogens with one attached hydrogen (secondary N) is 1. The van der Waals surface area contributed by atoms with E-state index in [0.29, 0.717) is 17.7 Å². The van der Waals surface area contributed by atoms with Crippen molar-refractivity contribution in [3.8, 4) is 0 Å². The number of carbonyl (C=O) groups excluding carboxylic acids is 1. The van der Waals surface area contributed by atoms with Gasteiger partial charge in [0.1, 0.15) is 0 Å². The molecule has 0 aromatic rings. The molecule has 2 rings (SSSR count). The number of amides is 1. The first-order chi connectivity index (χ1) is 7.88. The lowest BCUT2D eigenvalue weighted by molar-refractivity contribution is -0.173. The summed E-state index contributed by atoms with van der Waals surface area (Å²) in [5.41, 5.74) is 0.579. The zero-order valence-electron chi connectivity index (χ0n) is 9.39. The average molecular weight is 248 g/mol. The van der Waals surface area contributed by atoms with Crippen molar-refractivity contribution in [1.29, 1.82) is 0 Å². The summed E-state index contributed by atoms with van der Waals surface area (Å²) in [6.07, 6.45) is -1.43. The number of piperidine rings is 1. The third kappa shape index (κ3) is 2.56. The smallest absolute Gasteiger partial charge is 0.371 e. The molecule has 1 aliphatic heterocycles. The van der Waals surface area contributed by atoms with Gasteiger partial charge >= 0.3 is 12.1 Å². The molecule has 1 amide bonds. The fraction of sp³-hybridized carbons (Fsp3) is 0.727. The summed E-state index contributed by atoms with van der Waals surface area (Å²) in [5, 5.41) is 1.85. The van der Waals surface area contributed by atoms with E-state index in [1.165, 1.54) is 6.42 Å². The Hall–Kier alpha value is -1.20. The number of halogens is 3. The zero-order chi connectivity index (χ0) is 12.6. The number of carbonyl (C=O) groups is 1. The van der Waals surface area contributed by atoms with Gasteiger partial charge in [-0.05, 0) is 25.2 Å². The van der Waals surface area contributed by atoms with Crippen LogP contribution >= 0.6 is 0 Å². The van der Waals surface area contributed by atoms with E-state index in [4.69, 9.17) is 0 Å². The van der Waals surface area contributed by atoms with E-state index in [2.05, 4.69) is 6.58 Å². The second-order valence-corrected chi connectivity index (χ2v) is 4.73. The molecule has 17 heavy (non-hydrogen) atoms. The monoisotopic (exact) mass is 248 g/mol. The first kappa shape index (κ1) is 12.3. The molecular weight excluding hydrogens is 233 g/mol. The van der Waals surface area contributed by atoms with Crippen LogP contribution in [0, 0.1) is 5.92 Å². The number of hydrogen-bond acceptors (Lipinski definition) is 2. The van der Waals surface area contributed by atoms with Crippen LogP contribution in [0.3, 0.4) is 0 Å². The van der Waals surface area contributed by atoms with E-state index in [1.54, 1.807) is 0 Å². The molecule has 1 saturated heterocycles. The highest BCUT2D eigenvalue weighted by Crippen LogP contribution is 2.38. The fourth-order valence-electron chi connectivity index (χ4n) is 2.70. The molecule has 2 aliphatic rings. The summed E-state index contributed by atoms with van der Waals surface area (Å²) >= 11 is 0. The third-order valence-electron chi connectivity index (χ3n) is 3.53. The van der Waals surface area contributed by atoms with E-state index in [1.807, 2.05) is 10.2 Å². The lowest BCUT2D eigenvalue weighted by atomic mass is 10.1. The molecule has 0 aromatic carbocycles. The minimum atomic E-state index is -4.82. The second kappa shape index (κ2) is 4.23. The lowest BCUT2D eigenvalue weighted by Gasteiger charge is -2.31. The van der Waals surface area contributed by atoms with Crippen molar-refractivity contribution in [3.63, 3.8) is 0 Å². The number of nitrogens with zero attached hydrogens (tertiary/aromatic N) is 1. The molecule has 0 spiro atoms. The number of likely N-dealkylation sites (tertiary alicyclic amines) is 1. The topological polar surface area (TPSA) is 32.3 Å². The molecular formula is C11H15F3N2O. The quantitative estimate of drug-likeness (QED) is 0.824. The largest absolute Gasteiger partial charge is 0.471 e. The zero-order valence-corrected chi connectivity index (χ0v) is 9.39. The van der Waals surface area contributed by atoms with Crippen LogP contribution in [0.4, 0.5) is 13.2 Å². The molecule has 0 radical (unpaired) electrons. The maximum atomic E-state index is 12.0. The molecule has 3 nitrogen and oxygen atoms in total. The van der Waals surface area contributed by atoms with Crippen molar-refractivity contribution in [3.05, 3.63) is 12.3 Å². The van der Waals surface area contributed by atoms with E-state index in [-0.39, 0.29) is 6.54 Å². The Kier molecular flexibility index (Phi) is 3.05. The molecule has 2 unspecified atom stereocenters. The molecule has 6 heteroatoms. The van der Waals surface area contributed by atoms with Crippen LogP contribution in [-0.2, 0) is 4.79 Å². The number of hydrogen-bond donors (Lipinski definition) is 1. The Bertz CT molecular complexity index is 340. The standard InChI is InChI=1S/C11H15F3N2O/c1-7(5-15-10(17)11(12,13)14)16-6-8-2-3-9(16)4-8/h8-9H,1-6H2,(H,15,17). The van der Waals surface area contributed by atoms with Crippen LogP contribution < -0.4 is 5.32 Å². The molecule has 1 heterocycles. The van der Waals surface area contributed by atoms with Gasteiger partial charge < -0.3 is 10.2 Å². The van der Waals surface area contributed by atoms with Gasteiger partial charge in [0.05, 0.1) is 6.54 Å². The summed E-state index contributed by atoms with van der Waals surface area (Å²) < 4.78 is 35.9. The Morgan fingerprint density at radius 1 is 1.41 bits per heavy atom. The Labute approximate surface area is 97.7 Å². The van der Waals surface area contributed by atoms with Crippen LogP contribution in [0.25, 0.3) is 0 Å². The predicted octanol–water partition coefficient (Wildman–Crippen LogP) is 1.66. The molecule has 2 fully saturated rings. The molecule has 1 aliphatic carbocycles. The van der Waals surface area contributed by atoms with E-state index in [9.17, 15) is 18.0 Å². The van der Waals surface area contributed by atoms with Gasteiger partial charge in [-0.25, -0.2) is 0 Å². The van der Waals surface area contributed by atoms with Gasteiger partial charge in [0.15, 0.2) is 0 Å². The second-order valence-electron chi connectivity index (χ2n) is 4.73. The van der Waals surface area contributed by atoms with Crippen molar-refractivity contribution in [2.75, 3.05) is 13.1 Å². The van der Waals surface area contributed by atoms with Crippen molar-refractivity contribution in [1.82, 2.24) is 10.2 Å². The summed E-state index contributed by atoms with van der Waals surface area (Å²) in [6, 6.07) is 0.412. The van der Waals surface area contributed by atoms with Crippen LogP contribution in [0.1, 0.15) is 19.3 Å². The van der Waals surface area contributed by atoms with Gasteiger partial charge in [0.25, 0.3) is 0 Å². The molecule has 0 aromatic heterocycles. The highest BCUT2D eigenvalue weighted by atomic mass is 19.4. The summed E-state index contributed by atoms with van der Waals surface area (Å²) in [6.45, 7) is 4.50. The predicted molar refractivity (Wildman–Crippen MR) is 56.0 cm³/mol. The van der Waals surface area contributed by atoms with E-state index >= 15 is 0 Å². The lowest BCUT2D eigenvalue weighted by Crippen LogP contribution is -2.41. The number of rotatable bonds is 3. The number of alkyl halides is 3. The fourth-order valence-corrected chi connectivity index (χ4v) is 2.70. The van der Waals surface area contributed by atoms with Crippen molar-refractivity contribution >= 4 is 5.91 Å². The van der Waals surface area contributed by atoms with Crippen LogP contribution in [0.5, 0.6) is 0 Å². The Morgan fingerprint density at radius 2 is 2.12 bits per heavy atom. The van der Waals surface area contributed by atoms with Crippen molar-refractivity contribution in [2.45, 2.75) is 31.5 Å². The van der Waals surface area contributed by atoms with Crippen molar-refractivity contribution < 1.29 is 18.0 Å². The summed E-state index contributed by atoms with van der Waals surface area (Å²) in [4.78, 5) is 12.7. The molecule has 2 atom stereocenters. The van der Waals surface area contributed by atoms with Gasteiger partial charge in [0.2, 0.25) is 0 Å². The van der Waals surface area contributed by atoms with Crippen molar-refractivity contribution in [2.24, 2.45) is 5.92 Å². The van der Waals surface area contributed by atoms with Gasteiger partial charge in [-0.15, -0.1) is 0 Å². The normalized spacial score (nSPS) is 27.4. The summed E-state index contributed by atoms with van der Waals surface area (Å²) in [5.74, 6) is -1.25. The third-order valence-corrected chi connectivity index (χ3v) is 3.53. The molecule has 1 N–H and O–H groups in total. The highest BCUT2D eigenvalue weighted by Gasteiger charge is 2.40. The first-order valence-electron chi connectivity index (χ1n) is 5.67.